The van der Waals surface area contributed by atoms with Gasteiger partial charge in [0.05, 0.1) is 43.1 Å². The van der Waals surface area contributed by atoms with E-state index in [0.717, 1.165) is 25.7 Å². The van der Waals surface area contributed by atoms with Crippen molar-refractivity contribution in [1.82, 2.24) is 15.0 Å². The molecular formula is C25H29N4O6P. The number of aromatic amines is 1. The minimum atomic E-state index is -4.62. The van der Waals surface area contributed by atoms with Crippen molar-refractivity contribution in [3.63, 3.8) is 0 Å². The van der Waals surface area contributed by atoms with Crippen LogP contribution in [0.2, 0.25) is 0 Å². The van der Waals surface area contributed by atoms with E-state index >= 15 is 0 Å². The van der Waals surface area contributed by atoms with Crippen LogP contribution < -0.4 is 10.5 Å². The SMILES string of the molecule is NC(COP(=O)(O)O)c1ncc(-c2ccc(OCCCCCc3ccccc3)c(-c3ccco3)n2)[nH]1. The first kappa shape index (κ1) is 25.8. The number of pyridine rings is 1. The summed E-state index contributed by atoms with van der Waals surface area (Å²) in [6, 6.07) is 16.8. The van der Waals surface area contributed by atoms with Crippen LogP contribution in [0.25, 0.3) is 22.8 Å². The molecule has 0 amide bonds. The molecule has 0 fully saturated rings. The first-order valence-electron chi connectivity index (χ1n) is 11.6. The van der Waals surface area contributed by atoms with Crippen LogP contribution in [0.3, 0.4) is 0 Å². The Balaban J connectivity index is 1.39. The molecule has 0 saturated carbocycles. The van der Waals surface area contributed by atoms with E-state index in [4.69, 9.17) is 29.7 Å². The smallest absolute Gasteiger partial charge is 0.469 e. The van der Waals surface area contributed by atoms with Crippen molar-refractivity contribution in [2.45, 2.75) is 31.7 Å². The number of aryl methyl sites for hydroxylation is 1. The predicted molar refractivity (Wildman–Crippen MR) is 134 cm³/mol. The van der Waals surface area contributed by atoms with Crippen molar-refractivity contribution in [1.29, 1.82) is 0 Å². The Kier molecular flexibility index (Phi) is 8.69. The maximum absolute atomic E-state index is 10.9. The zero-order valence-corrected chi connectivity index (χ0v) is 20.5. The number of rotatable bonds is 13. The lowest BCUT2D eigenvalue weighted by Crippen LogP contribution is -2.17. The minimum absolute atomic E-state index is 0.315. The van der Waals surface area contributed by atoms with E-state index in [0.29, 0.717) is 41.0 Å². The van der Waals surface area contributed by atoms with E-state index in [1.54, 1.807) is 24.6 Å². The number of phosphoric acid groups is 1. The maximum atomic E-state index is 10.9. The van der Waals surface area contributed by atoms with Crippen molar-refractivity contribution >= 4 is 7.82 Å². The van der Waals surface area contributed by atoms with Gasteiger partial charge in [0.15, 0.2) is 5.76 Å². The molecule has 4 aromatic rings. The monoisotopic (exact) mass is 512 g/mol. The average Bonchev–Trinajstić information content (AvgIpc) is 3.58. The topological polar surface area (TPSA) is 157 Å². The number of imidazole rings is 1. The second kappa shape index (κ2) is 12.1. The van der Waals surface area contributed by atoms with Crippen LogP contribution in [0.4, 0.5) is 0 Å². The number of hydrogen-bond donors (Lipinski definition) is 4. The number of ether oxygens (including phenoxy) is 1. The predicted octanol–water partition coefficient (Wildman–Crippen LogP) is 4.63. The van der Waals surface area contributed by atoms with Gasteiger partial charge < -0.3 is 29.7 Å². The quantitative estimate of drug-likeness (QED) is 0.148. The summed E-state index contributed by atoms with van der Waals surface area (Å²) in [5.74, 6) is 1.50. The summed E-state index contributed by atoms with van der Waals surface area (Å²) in [5, 5.41) is 0. The van der Waals surface area contributed by atoms with Crippen molar-refractivity contribution in [2.24, 2.45) is 5.73 Å². The maximum Gasteiger partial charge on any atom is 0.469 e. The molecule has 36 heavy (non-hydrogen) atoms. The Morgan fingerprint density at radius 3 is 2.64 bits per heavy atom. The molecule has 1 unspecified atom stereocenters. The third-order valence-electron chi connectivity index (χ3n) is 5.47. The highest BCUT2D eigenvalue weighted by atomic mass is 31.2. The Morgan fingerprint density at radius 2 is 1.89 bits per heavy atom. The van der Waals surface area contributed by atoms with Crippen LogP contribution in [0.1, 0.15) is 36.7 Å². The van der Waals surface area contributed by atoms with Gasteiger partial charge in [-0.3, -0.25) is 4.52 Å². The van der Waals surface area contributed by atoms with E-state index in [2.05, 4.69) is 38.8 Å². The molecule has 0 aliphatic rings. The fourth-order valence-electron chi connectivity index (χ4n) is 3.65. The van der Waals surface area contributed by atoms with Crippen LogP contribution in [0, 0.1) is 0 Å². The lowest BCUT2D eigenvalue weighted by molar-refractivity contribution is 0.185. The van der Waals surface area contributed by atoms with Crippen molar-refractivity contribution in [2.75, 3.05) is 13.2 Å². The van der Waals surface area contributed by atoms with Gasteiger partial charge in [0.2, 0.25) is 0 Å². The van der Waals surface area contributed by atoms with Gasteiger partial charge in [-0.1, -0.05) is 30.3 Å². The fraction of sp³-hybridized carbons (Fsp3) is 0.280. The van der Waals surface area contributed by atoms with E-state index in [-0.39, 0.29) is 6.61 Å². The number of aromatic nitrogens is 3. The Hall–Kier alpha value is -3.27. The minimum Gasteiger partial charge on any atom is -0.491 e. The van der Waals surface area contributed by atoms with E-state index < -0.39 is 13.9 Å². The first-order valence-corrected chi connectivity index (χ1v) is 13.1. The molecule has 0 aliphatic carbocycles. The normalized spacial score (nSPS) is 12.5. The van der Waals surface area contributed by atoms with Crippen LogP contribution in [0.5, 0.6) is 5.75 Å². The standard InChI is InChI=1S/C25H29N4O6P/c26-19(17-35-36(30,31)32)25-27-16-21(29-25)20-12-13-23(24(28-20)22-11-7-15-34-22)33-14-6-2-5-10-18-8-3-1-4-9-18/h1,3-4,7-9,11-13,15-16,19H,2,5-6,10,14,17,26H2,(H,27,29)(H2,30,31,32). The van der Waals surface area contributed by atoms with Crippen LogP contribution in [-0.4, -0.2) is 38.0 Å². The summed E-state index contributed by atoms with van der Waals surface area (Å²) < 4.78 is 27.0. The molecule has 3 heterocycles. The Labute approximate surface area is 208 Å². The summed E-state index contributed by atoms with van der Waals surface area (Å²) in [6.45, 7) is 0.173. The highest BCUT2D eigenvalue weighted by Crippen LogP contribution is 2.36. The second-order valence-corrected chi connectivity index (χ2v) is 9.48. The number of nitrogens with zero attached hydrogens (tertiary/aromatic N) is 2. The number of phosphoric ester groups is 1. The number of hydrogen-bond acceptors (Lipinski definition) is 7. The van der Waals surface area contributed by atoms with Gasteiger partial charge in [0.25, 0.3) is 0 Å². The second-order valence-electron chi connectivity index (χ2n) is 8.24. The summed E-state index contributed by atoms with van der Waals surface area (Å²) in [5.41, 5.74) is 9.00. The first-order chi connectivity index (χ1) is 17.4. The molecule has 11 heteroatoms. The van der Waals surface area contributed by atoms with Crippen LogP contribution >= 0.6 is 7.82 Å². The summed E-state index contributed by atoms with van der Waals surface area (Å²) in [7, 11) is -4.62. The van der Waals surface area contributed by atoms with Crippen molar-refractivity contribution in [3.8, 4) is 28.6 Å². The van der Waals surface area contributed by atoms with E-state index in [1.807, 2.05) is 18.2 Å². The molecular weight excluding hydrogens is 483 g/mol. The third kappa shape index (κ3) is 7.36. The number of nitrogens with one attached hydrogen (secondary N) is 1. The largest absolute Gasteiger partial charge is 0.491 e. The summed E-state index contributed by atoms with van der Waals surface area (Å²) in [4.78, 5) is 29.7. The van der Waals surface area contributed by atoms with Crippen molar-refractivity contribution < 1.29 is 28.0 Å². The summed E-state index contributed by atoms with van der Waals surface area (Å²) >= 11 is 0. The molecule has 0 aliphatic heterocycles. The molecule has 4 rings (SSSR count). The molecule has 3 aromatic heterocycles. The molecule has 0 spiro atoms. The molecule has 0 saturated heterocycles. The van der Waals surface area contributed by atoms with Gasteiger partial charge >= 0.3 is 7.82 Å². The van der Waals surface area contributed by atoms with Crippen LogP contribution in [-0.2, 0) is 15.5 Å². The Morgan fingerprint density at radius 1 is 1.06 bits per heavy atom. The molecule has 190 valence electrons. The molecule has 0 radical (unpaired) electrons. The number of H-pyrrole nitrogens is 1. The van der Waals surface area contributed by atoms with Gasteiger partial charge in [-0.25, -0.2) is 14.5 Å². The highest BCUT2D eigenvalue weighted by Gasteiger charge is 2.20. The molecule has 0 bridgehead atoms. The van der Waals surface area contributed by atoms with Crippen LogP contribution in [0.15, 0.2) is 71.5 Å². The molecule has 1 atom stereocenters. The molecule has 10 nitrogen and oxygen atoms in total. The number of unbranched alkanes of at least 4 members (excludes halogenated alkanes) is 2. The lowest BCUT2D eigenvalue weighted by atomic mass is 10.1. The molecule has 1 aromatic carbocycles. The van der Waals surface area contributed by atoms with Gasteiger partial charge in [-0.2, -0.15) is 0 Å². The molecule has 5 N–H and O–H groups in total. The zero-order chi connectivity index (χ0) is 25.4. The number of benzene rings is 1. The lowest BCUT2D eigenvalue weighted by Gasteiger charge is -2.11. The number of nitrogens with two attached hydrogens (primary N) is 1. The van der Waals surface area contributed by atoms with Crippen molar-refractivity contribution in [3.05, 3.63) is 78.4 Å². The third-order valence-corrected chi connectivity index (χ3v) is 5.95. The number of furan rings is 1. The van der Waals surface area contributed by atoms with Gasteiger partial charge in [0, 0.05) is 0 Å². The Bertz CT molecular complexity index is 1270. The zero-order valence-electron chi connectivity index (χ0n) is 19.6. The highest BCUT2D eigenvalue weighted by molar-refractivity contribution is 7.46. The van der Waals surface area contributed by atoms with E-state index in [9.17, 15) is 4.57 Å². The summed E-state index contributed by atoms with van der Waals surface area (Å²) in [6.07, 6.45) is 7.25. The fourth-order valence-corrected chi connectivity index (χ4v) is 4.00. The van der Waals surface area contributed by atoms with E-state index in [1.165, 1.54) is 5.56 Å². The average molecular weight is 513 g/mol. The van der Waals surface area contributed by atoms with Gasteiger partial charge in [0.1, 0.15) is 17.3 Å². The van der Waals surface area contributed by atoms with Gasteiger partial charge in [-0.15, -0.1) is 0 Å². The van der Waals surface area contributed by atoms with Gasteiger partial charge in [-0.05, 0) is 55.5 Å².